The van der Waals surface area contributed by atoms with Crippen LogP contribution < -0.4 is 5.32 Å². The van der Waals surface area contributed by atoms with E-state index in [9.17, 15) is 0 Å². The van der Waals surface area contributed by atoms with Gasteiger partial charge in [-0.3, -0.25) is 0 Å². The summed E-state index contributed by atoms with van der Waals surface area (Å²) in [5.41, 5.74) is 1.19. The van der Waals surface area contributed by atoms with Crippen LogP contribution in [0.5, 0.6) is 0 Å². The summed E-state index contributed by atoms with van der Waals surface area (Å²) in [5.74, 6) is 0. The molecular weight excluding hydrogens is 282 g/mol. The maximum Gasteiger partial charge on any atom is 0.213 e. The molecule has 0 amide bonds. The molecule has 2 aromatic rings. The normalized spacial score (nSPS) is 14.8. The van der Waals surface area contributed by atoms with E-state index in [4.69, 9.17) is 11.6 Å². The Morgan fingerprint density at radius 3 is 3.00 bits per heavy atom. The Hall–Kier alpha value is -1.11. The predicted molar refractivity (Wildman–Crippen MR) is 74.2 cm³/mol. The van der Waals surface area contributed by atoms with Crippen LogP contribution in [-0.2, 0) is 13.6 Å². The number of halogens is 1. The molecule has 0 unspecified atom stereocenters. The van der Waals surface area contributed by atoms with Gasteiger partial charge in [-0.2, -0.15) is 0 Å². The first-order valence-electron chi connectivity index (χ1n) is 6.14. The predicted octanol–water partition coefficient (Wildman–Crippen LogP) is 2.27. The van der Waals surface area contributed by atoms with Gasteiger partial charge in [0.2, 0.25) is 5.16 Å². The summed E-state index contributed by atoms with van der Waals surface area (Å²) in [6.45, 7) is 0.832. The summed E-state index contributed by atoms with van der Waals surface area (Å²) in [7, 11) is 1.83. The number of hydrogen-bond donors (Lipinski definition) is 1. The molecule has 0 spiro atoms. The zero-order chi connectivity index (χ0) is 13.2. The summed E-state index contributed by atoms with van der Waals surface area (Å²) in [4.78, 5) is 1.13. The maximum absolute atomic E-state index is 6.08. The van der Waals surface area contributed by atoms with Crippen molar-refractivity contribution in [2.24, 2.45) is 7.05 Å². The monoisotopic (exact) mass is 295 g/mol. The van der Waals surface area contributed by atoms with Crippen LogP contribution >= 0.6 is 23.4 Å². The van der Waals surface area contributed by atoms with Crippen LogP contribution in [0, 0.1) is 0 Å². The largest absolute Gasteiger partial charge is 0.310 e. The Morgan fingerprint density at radius 2 is 2.32 bits per heavy atom. The van der Waals surface area contributed by atoms with Gasteiger partial charge >= 0.3 is 0 Å². The van der Waals surface area contributed by atoms with Crippen molar-refractivity contribution in [1.82, 2.24) is 25.5 Å². The van der Waals surface area contributed by atoms with Crippen molar-refractivity contribution < 1.29 is 0 Å². The Labute approximate surface area is 120 Å². The highest BCUT2D eigenvalue weighted by atomic mass is 35.5. The highest BCUT2D eigenvalue weighted by Crippen LogP contribution is 2.31. The lowest BCUT2D eigenvalue weighted by Crippen LogP contribution is -2.15. The third kappa shape index (κ3) is 3.26. The fourth-order valence-electron chi connectivity index (χ4n) is 1.73. The molecule has 1 saturated carbocycles. The Balaban J connectivity index is 1.80. The molecule has 1 aliphatic rings. The summed E-state index contributed by atoms with van der Waals surface area (Å²) >= 11 is 7.63. The van der Waals surface area contributed by atoms with Crippen LogP contribution in [0.3, 0.4) is 0 Å². The van der Waals surface area contributed by atoms with Crippen LogP contribution in [0.4, 0.5) is 0 Å². The molecule has 1 aliphatic carbocycles. The maximum atomic E-state index is 6.08. The Kier molecular flexibility index (Phi) is 3.72. The lowest BCUT2D eigenvalue weighted by Gasteiger charge is -2.09. The molecule has 0 aliphatic heterocycles. The number of rotatable bonds is 5. The lowest BCUT2D eigenvalue weighted by molar-refractivity contribution is 0.663. The summed E-state index contributed by atoms with van der Waals surface area (Å²) in [6.07, 6.45) is 2.55. The number of aryl methyl sites for hydroxylation is 1. The molecular formula is C12H14ClN5S. The smallest absolute Gasteiger partial charge is 0.213 e. The highest BCUT2D eigenvalue weighted by molar-refractivity contribution is 7.99. The number of nitrogens with zero attached hydrogens (tertiary/aromatic N) is 4. The minimum Gasteiger partial charge on any atom is -0.310 e. The zero-order valence-electron chi connectivity index (χ0n) is 10.5. The molecule has 19 heavy (non-hydrogen) atoms. The van der Waals surface area contributed by atoms with Gasteiger partial charge in [0.15, 0.2) is 0 Å². The van der Waals surface area contributed by atoms with Gasteiger partial charge in [-0.1, -0.05) is 11.6 Å². The molecule has 3 rings (SSSR count). The van der Waals surface area contributed by atoms with E-state index < -0.39 is 0 Å². The fourth-order valence-corrected chi connectivity index (χ4v) is 2.77. The van der Waals surface area contributed by atoms with Crippen molar-refractivity contribution in [2.75, 3.05) is 0 Å². The molecule has 0 atom stereocenters. The van der Waals surface area contributed by atoms with E-state index in [1.165, 1.54) is 18.4 Å². The first kappa shape index (κ1) is 12.9. The molecule has 1 aromatic carbocycles. The number of tetrazole rings is 1. The number of aromatic nitrogens is 4. The van der Waals surface area contributed by atoms with E-state index in [1.54, 1.807) is 16.4 Å². The van der Waals surface area contributed by atoms with Gasteiger partial charge < -0.3 is 5.32 Å². The standard InChI is InChI=1S/C12H14ClN5S/c1-18-12(15-16-17-18)19-11-5-2-9(13)6-8(11)7-14-10-3-4-10/h2,5-6,10,14H,3-4,7H2,1H3. The minimum atomic E-state index is 0.674. The van der Waals surface area contributed by atoms with E-state index in [0.717, 1.165) is 21.6 Å². The Morgan fingerprint density at radius 1 is 1.47 bits per heavy atom. The molecule has 1 heterocycles. The van der Waals surface area contributed by atoms with E-state index in [1.807, 2.05) is 25.2 Å². The van der Waals surface area contributed by atoms with E-state index >= 15 is 0 Å². The number of hydrogen-bond acceptors (Lipinski definition) is 5. The average molecular weight is 296 g/mol. The minimum absolute atomic E-state index is 0.674. The SMILES string of the molecule is Cn1nnnc1Sc1ccc(Cl)cc1CNC1CC1. The van der Waals surface area contributed by atoms with Gasteiger partial charge in [0.05, 0.1) is 0 Å². The molecule has 0 bridgehead atoms. The van der Waals surface area contributed by atoms with Gasteiger partial charge in [-0.15, -0.1) is 5.10 Å². The third-order valence-corrected chi connectivity index (χ3v) is 4.35. The molecule has 1 N–H and O–H groups in total. The molecule has 1 fully saturated rings. The van der Waals surface area contributed by atoms with Crippen molar-refractivity contribution in [1.29, 1.82) is 0 Å². The van der Waals surface area contributed by atoms with Crippen molar-refractivity contribution in [3.05, 3.63) is 28.8 Å². The van der Waals surface area contributed by atoms with Crippen LogP contribution in [0.2, 0.25) is 5.02 Å². The molecule has 0 radical (unpaired) electrons. The molecule has 100 valence electrons. The van der Waals surface area contributed by atoms with Crippen LogP contribution in [-0.4, -0.2) is 26.2 Å². The van der Waals surface area contributed by atoms with Gasteiger partial charge in [0.1, 0.15) is 0 Å². The van der Waals surface area contributed by atoms with Gasteiger partial charge in [-0.25, -0.2) is 4.68 Å². The molecule has 5 nitrogen and oxygen atoms in total. The summed E-state index contributed by atoms with van der Waals surface area (Å²) in [5, 5.41) is 16.5. The van der Waals surface area contributed by atoms with Crippen LogP contribution in [0.25, 0.3) is 0 Å². The summed E-state index contributed by atoms with van der Waals surface area (Å²) < 4.78 is 1.66. The van der Waals surface area contributed by atoms with E-state index in [-0.39, 0.29) is 0 Å². The van der Waals surface area contributed by atoms with Crippen LogP contribution in [0.15, 0.2) is 28.3 Å². The molecule has 0 saturated heterocycles. The third-order valence-electron chi connectivity index (χ3n) is 2.96. The van der Waals surface area contributed by atoms with E-state index in [2.05, 4.69) is 20.8 Å². The van der Waals surface area contributed by atoms with Gasteiger partial charge in [0, 0.05) is 29.6 Å². The topological polar surface area (TPSA) is 55.6 Å². The summed E-state index contributed by atoms with van der Waals surface area (Å²) in [6, 6.07) is 6.59. The zero-order valence-corrected chi connectivity index (χ0v) is 12.1. The fraction of sp³-hybridized carbons (Fsp3) is 0.417. The van der Waals surface area contributed by atoms with Crippen molar-refractivity contribution in [2.45, 2.75) is 35.5 Å². The Bertz CT molecular complexity index is 581. The average Bonchev–Trinajstić information content (AvgIpc) is 3.14. The van der Waals surface area contributed by atoms with Crippen molar-refractivity contribution in [3.8, 4) is 0 Å². The lowest BCUT2D eigenvalue weighted by atomic mass is 10.2. The second-order valence-electron chi connectivity index (χ2n) is 4.59. The van der Waals surface area contributed by atoms with E-state index in [0.29, 0.717) is 6.04 Å². The number of nitrogens with one attached hydrogen (secondary N) is 1. The van der Waals surface area contributed by atoms with Crippen molar-refractivity contribution in [3.63, 3.8) is 0 Å². The van der Waals surface area contributed by atoms with Crippen LogP contribution in [0.1, 0.15) is 18.4 Å². The second kappa shape index (κ2) is 5.48. The second-order valence-corrected chi connectivity index (χ2v) is 6.04. The molecule has 7 heteroatoms. The highest BCUT2D eigenvalue weighted by Gasteiger charge is 2.20. The number of benzene rings is 1. The van der Waals surface area contributed by atoms with Gasteiger partial charge in [-0.05, 0) is 58.8 Å². The van der Waals surface area contributed by atoms with Gasteiger partial charge in [0.25, 0.3) is 0 Å². The first-order valence-corrected chi connectivity index (χ1v) is 7.34. The van der Waals surface area contributed by atoms with Crippen molar-refractivity contribution >= 4 is 23.4 Å². The first-order chi connectivity index (χ1) is 9.22. The molecule has 1 aromatic heterocycles. The quantitative estimate of drug-likeness (QED) is 0.917.